The molecule has 0 spiro atoms. The van der Waals surface area contributed by atoms with E-state index in [4.69, 9.17) is 5.73 Å². The molecule has 0 radical (unpaired) electrons. The largest absolute Gasteiger partial charge is 0.397 e. The lowest BCUT2D eigenvalue weighted by atomic mass is 9.86. The number of hydrogen-bond donors (Lipinski definition) is 1. The van der Waals surface area contributed by atoms with Crippen LogP contribution in [-0.4, -0.2) is 13.0 Å². The lowest BCUT2D eigenvalue weighted by Crippen LogP contribution is -2.27. The number of anilines is 2. The molecule has 0 aliphatic heterocycles. The summed E-state index contributed by atoms with van der Waals surface area (Å²) in [7, 11) is 1.81. The van der Waals surface area contributed by atoms with E-state index in [1.165, 1.54) is 32.1 Å². The Morgan fingerprint density at radius 1 is 1.35 bits per heavy atom. The van der Waals surface area contributed by atoms with Crippen LogP contribution >= 0.6 is 15.9 Å². The van der Waals surface area contributed by atoms with Gasteiger partial charge in [0.05, 0.1) is 11.4 Å². The topological polar surface area (TPSA) is 46.3 Å². The van der Waals surface area contributed by atoms with E-state index in [0.717, 1.165) is 22.5 Å². The third kappa shape index (κ3) is 3.98. The molecule has 3 nitrogen and oxygen atoms in total. The second-order valence-corrected chi connectivity index (χ2v) is 6.61. The maximum atomic E-state index is 12.3. The third-order valence-electron chi connectivity index (χ3n) is 4.22. The maximum Gasteiger partial charge on any atom is 0.226 e. The Kier molecular flexibility index (Phi) is 5.46. The van der Waals surface area contributed by atoms with Gasteiger partial charge in [-0.1, -0.05) is 48.0 Å². The van der Waals surface area contributed by atoms with Crippen molar-refractivity contribution in [1.82, 2.24) is 0 Å². The van der Waals surface area contributed by atoms with Gasteiger partial charge in [0.2, 0.25) is 5.91 Å². The van der Waals surface area contributed by atoms with Crippen molar-refractivity contribution in [2.24, 2.45) is 5.92 Å². The summed E-state index contributed by atoms with van der Waals surface area (Å²) >= 11 is 3.38. The Bertz CT molecular complexity index is 470. The zero-order valence-electron chi connectivity index (χ0n) is 12.1. The molecule has 0 saturated heterocycles. The molecule has 2 N–H and O–H groups in total. The van der Waals surface area contributed by atoms with Crippen LogP contribution in [0.25, 0.3) is 0 Å². The standard InChI is InChI=1S/C16H23BrN2O/c1-19(15-9-8-13(17)11-14(15)18)16(20)10-7-12-5-3-2-4-6-12/h8-9,11-12H,2-7,10,18H2,1H3. The van der Waals surface area contributed by atoms with Crippen LogP contribution in [-0.2, 0) is 4.79 Å². The van der Waals surface area contributed by atoms with Gasteiger partial charge in [-0.3, -0.25) is 4.79 Å². The van der Waals surface area contributed by atoms with Crippen molar-refractivity contribution in [3.63, 3.8) is 0 Å². The zero-order chi connectivity index (χ0) is 14.5. The van der Waals surface area contributed by atoms with Crippen molar-refractivity contribution >= 4 is 33.2 Å². The van der Waals surface area contributed by atoms with Crippen LogP contribution in [0.2, 0.25) is 0 Å². The Morgan fingerprint density at radius 2 is 2.05 bits per heavy atom. The van der Waals surface area contributed by atoms with E-state index >= 15 is 0 Å². The molecule has 1 saturated carbocycles. The molecule has 0 atom stereocenters. The molecule has 1 aliphatic rings. The van der Waals surface area contributed by atoms with Crippen molar-refractivity contribution < 1.29 is 4.79 Å². The molecular weight excluding hydrogens is 316 g/mol. The van der Waals surface area contributed by atoms with Crippen LogP contribution in [0.15, 0.2) is 22.7 Å². The Morgan fingerprint density at radius 3 is 2.70 bits per heavy atom. The summed E-state index contributed by atoms with van der Waals surface area (Å²) in [6.45, 7) is 0. The summed E-state index contributed by atoms with van der Waals surface area (Å²) in [4.78, 5) is 14.0. The number of halogens is 1. The van der Waals surface area contributed by atoms with E-state index in [9.17, 15) is 4.79 Å². The predicted molar refractivity (Wildman–Crippen MR) is 87.8 cm³/mol. The van der Waals surface area contributed by atoms with Crippen LogP contribution < -0.4 is 10.6 Å². The first-order valence-corrected chi connectivity index (χ1v) is 8.19. The molecule has 0 aromatic heterocycles. The van der Waals surface area contributed by atoms with E-state index < -0.39 is 0 Å². The number of nitrogens with two attached hydrogens (primary N) is 1. The Balaban J connectivity index is 1.90. The third-order valence-corrected chi connectivity index (χ3v) is 4.71. The van der Waals surface area contributed by atoms with Crippen LogP contribution in [0.3, 0.4) is 0 Å². The van der Waals surface area contributed by atoms with Crippen molar-refractivity contribution in [3.05, 3.63) is 22.7 Å². The number of amides is 1. The molecule has 1 aliphatic carbocycles. The molecule has 1 aromatic rings. The van der Waals surface area contributed by atoms with E-state index in [0.29, 0.717) is 12.1 Å². The van der Waals surface area contributed by atoms with Crippen LogP contribution in [0.4, 0.5) is 11.4 Å². The molecule has 0 heterocycles. The molecule has 4 heteroatoms. The minimum Gasteiger partial charge on any atom is -0.397 e. The predicted octanol–water partition coefficient (Wildman–Crippen LogP) is 4.35. The number of rotatable bonds is 4. The van der Waals surface area contributed by atoms with Gasteiger partial charge in [-0.25, -0.2) is 0 Å². The molecule has 2 rings (SSSR count). The molecular formula is C16H23BrN2O. The van der Waals surface area contributed by atoms with Gasteiger partial charge in [0.1, 0.15) is 0 Å². The first-order valence-electron chi connectivity index (χ1n) is 7.39. The van der Waals surface area contributed by atoms with Gasteiger partial charge in [-0.15, -0.1) is 0 Å². The minimum absolute atomic E-state index is 0.157. The highest BCUT2D eigenvalue weighted by Crippen LogP contribution is 2.29. The summed E-state index contributed by atoms with van der Waals surface area (Å²) in [6.07, 6.45) is 8.23. The highest BCUT2D eigenvalue weighted by Gasteiger charge is 2.18. The average Bonchev–Trinajstić information content (AvgIpc) is 2.45. The fourth-order valence-electron chi connectivity index (χ4n) is 2.94. The molecule has 1 amide bonds. The van der Waals surface area contributed by atoms with E-state index in [1.807, 2.05) is 25.2 Å². The molecule has 0 bridgehead atoms. The highest BCUT2D eigenvalue weighted by molar-refractivity contribution is 9.10. The quantitative estimate of drug-likeness (QED) is 0.829. The van der Waals surface area contributed by atoms with Crippen LogP contribution in [0.1, 0.15) is 44.9 Å². The van der Waals surface area contributed by atoms with Gasteiger partial charge in [0, 0.05) is 17.9 Å². The van der Waals surface area contributed by atoms with Gasteiger partial charge in [0.25, 0.3) is 0 Å². The fraction of sp³-hybridized carbons (Fsp3) is 0.562. The summed E-state index contributed by atoms with van der Waals surface area (Å²) in [5.74, 6) is 0.896. The normalized spacial score (nSPS) is 16.1. The Hall–Kier alpha value is -1.03. The number of nitrogen functional groups attached to an aromatic ring is 1. The molecule has 0 unspecified atom stereocenters. The minimum atomic E-state index is 0.157. The smallest absolute Gasteiger partial charge is 0.226 e. The van der Waals surface area contributed by atoms with E-state index in [1.54, 1.807) is 4.90 Å². The second kappa shape index (κ2) is 7.11. The van der Waals surface area contributed by atoms with Crippen LogP contribution in [0.5, 0.6) is 0 Å². The zero-order valence-corrected chi connectivity index (χ0v) is 13.7. The number of carbonyl (C=O) groups excluding carboxylic acids is 1. The lowest BCUT2D eigenvalue weighted by Gasteiger charge is -2.23. The van der Waals surface area contributed by atoms with Crippen molar-refractivity contribution in [2.45, 2.75) is 44.9 Å². The lowest BCUT2D eigenvalue weighted by molar-refractivity contribution is -0.118. The molecule has 20 heavy (non-hydrogen) atoms. The monoisotopic (exact) mass is 338 g/mol. The van der Waals surface area contributed by atoms with Gasteiger partial charge < -0.3 is 10.6 Å². The SMILES string of the molecule is CN(C(=O)CCC1CCCCC1)c1ccc(Br)cc1N. The maximum absolute atomic E-state index is 12.3. The molecule has 1 fully saturated rings. The summed E-state index contributed by atoms with van der Waals surface area (Å²) < 4.78 is 0.932. The van der Waals surface area contributed by atoms with Gasteiger partial charge in [-0.2, -0.15) is 0 Å². The van der Waals surface area contributed by atoms with E-state index in [2.05, 4.69) is 15.9 Å². The molecule has 110 valence electrons. The first kappa shape index (κ1) is 15.4. The number of benzene rings is 1. The number of nitrogens with zero attached hydrogens (tertiary/aromatic N) is 1. The Labute approximate surface area is 129 Å². The first-order chi connectivity index (χ1) is 9.58. The van der Waals surface area contributed by atoms with E-state index in [-0.39, 0.29) is 5.91 Å². The van der Waals surface area contributed by atoms with Crippen LogP contribution in [0, 0.1) is 5.92 Å². The van der Waals surface area contributed by atoms with Gasteiger partial charge in [-0.05, 0) is 30.5 Å². The fourth-order valence-corrected chi connectivity index (χ4v) is 3.32. The van der Waals surface area contributed by atoms with Crippen molar-refractivity contribution in [1.29, 1.82) is 0 Å². The second-order valence-electron chi connectivity index (χ2n) is 5.70. The van der Waals surface area contributed by atoms with Crippen molar-refractivity contribution in [2.75, 3.05) is 17.7 Å². The summed E-state index contributed by atoms with van der Waals surface area (Å²) in [6, 6.07) is 5.63. The summed E-state index contributed by atoms with van der Waals surface area (Å²) in [5, 5.41) is 0. The number of carbonyl (C=O) groups is 1. The van der Waals surface area contributed by atoms with Gasteiger partial charge in [0.15, 0.2) is 0 Å². The molecule has 1 aromatic carbocycles. The average molecular weight is 339 g/mol. The number of hydrogen-bond acceptors (Lipinski definition) is 2. The van der Waals surface area contributed by atoms with Crippen molar-refractivity contribution in [3.8, 4) is 0 Å². The summed E-state index contributed by atoms with van der Waals surface area (Å²) in [5.41, 5.74) is 7.40. The highest BCUT2D eigenvalue weighted by atomic mass is 79.9. The van der Waals surface area contributed by atoms with Gasteiger partial charge >= 0.3 is 0 Å².